The molecule has 0 N–H and O–H groups in total. The number of hydrogen-bond acceptors (Lipinski definition) is 3. The van der Waals surface area contributed by atoms with Crippen LogP contribution < -0.4 is 0 Å². The van der Waals surface area contributed by atoms with E-state index < -0.39 is 0 Å². The number of nitrogens with zero attached hydrogens (tertiary/aromatic N) is 2. The highest BCUT2D eigenvalue weighted by Gasteiger charge is 2.15. The zero-order valence-electron chi connectivity index (χ0n) is 10.6. The summed E-state index contributed by atoms with van der Waals surface area (Å²) in [4.78, 5) is 18.0. The molecule has 94 valence electrons. The van der Waals surface area contributed by atoms with E-state index in [0.29, 0.717) is 17.9 Å². The van der Waals surface area contributed by atoms with Gasteiger partial charge in [-0.15, -0.1) is 0 Å². The molecule has 0 saturated heterocycles. The Bertz CT molecular complexity index is 520. The SMILES string of the molecule is Cc1occc1C(=O)N(C)CCc1ccccn1. The van der Waals surface area contributed by atoms with Crippen LogP contribution >= 0.6 is 0 Å². The van der Waals surface area contributed by atoms with E-state index in [2.05, 4.69) is 4.98 Å². The van der Waals surface area contributed by atoms with Crippen LogP contribution in [0.1, 0.15) is 21.8 Å². The molecule has 18 heavy (non-hydrogen) atoms. The molecule has 0 unspecified atom stereocenters. The quantitative estimate of drug-likeness (QED) is 0.829. The van der Waals surface area contributed by atoms with E-state index in [-0.39, 0.29) is 5.91 Å². The maximum atomic E-state index is 12.1. The lowest BCUT2D eigenvalue weighted by atomic mass is 10.2. The molecule has 0 bridgehead atoms. The third-order valence-electron chi connectivity index (χ3n) is 2.87. The first-order chi connectivity index (χ1) is 8.68. The molecule has 0 fully saturated rings. The minimum Gasteiger partial charge on any atom is -0.469 e. The van der Waals surface area contributed by atoms with Gasteiger partial charge in [-0.1, -0.05) is 6.07 Å². The monoisotopic (exact) mass is 244 g/mol. The van der Waals surface area contributed by atoms with Crippen molar-refractivity contribution in [2.24, 2.45) is 0 Å². The van der Waals surface area contributed by atoms with Crippen LogP contribution in [-0.4, -0.2) is 29.4 Å². The number of aryl methyl sites for hydroxylation is 1. The Labute approximate surface area is 106 Å². The summed E-state index contributed by atoms with van der Waals surface area (Å²) in [5.41, 5.74) is 1.61. The van der Waals surface area contributed by atoms with Gasteiger partial charge in [-0.25, -0.2) is 0 Å². The molecule has 0 aliphatic heterocycles. The summed E-state index contributed by atoms with van der Waals surface area (Å²) in [5, 5.41) is 0. The molecule has 0 spiro atoms. The second kappa shape index (κ2) is 5.49. The molecular formula is C14H16N2O2. The highest BCUT2D eigenvalue weighted by Crippen LogP contribution is 2.11. The molecule has 2 rings (SSSR count). The number of rotatable bonds is 4. The molecular weight excluding hydrogens is 228 g/mol. The third kappa shape index (κ3) is 2.77. The molecule has 0 saturated carbocycles. The summed E-state index contributed by atoms with van der Waals surface area (Å²) in [6.07, 6.45) is 4.05. The van der Waals surface area contributed by atoms with Crippen molar-refractivity contribution < 1.29 is 9.21 Å². The first-order valence-electron chi connectivity index (χ1n) is 5.88. The van der Waals surface area contributed by atoms with Gasteiger partial charge in [-0.05, 0) is 25.1 Å². The number of likely N-dealkylation sites (N-methyl/N-ethyl adjacent to an activating group) is 1. The lowest BCUT2D eigenvalue weighted by Gasteiger charge is -2.16. The second-order valence-electron chi connectivity index (χ2n) is 4.19. The van der Waals surface area contributed by atoms with Gasteiger partial charge >= 0.3 is 0 Å². The van der Waals surface area contributed by atoms with Gasteiger partial charge < -0.3 is 9.32 Å². The van der Waals surface area contributed by atoms with Gasteiger partial charge in [0.2, 0.25) is 0 Å². The summed E-state index contributed by atoms with van der Waals surface area (Å²) in [7, 11) is 1.79. The summed E-state index contributed by atoms with van der Waals surface area (Å²) in [6.45, 7) is 2.43. The minimum absolute atomic E-state index is 0.0165. The fourth-order valence-corrected chi connectivity index (χ4v) is 1.74. The van der Waals surface area contributed by atoms with Crippen molar-refractivity contribution in [1.82, 2.24) is 9.88 Å². The number of carbonyl (C=O) groups is 1. The van der Waals surface area contributed by atoms with Crippen LogP contribution in [0.4, 0.5) is 0 Å². The van der Waals surface area contributed by atoms with Crippen LogP contribution in [0.15, 0.2) is 41.1 Å². The highest BCUT2D eigenvalue weighted by atomic mass is 16.3. The van der Waals surface area contributed by atoms with Crippen LogP contribution in [0, 0.1) is 6.92 Å². The van der Waals surface area contributed by atoms with Crippen molar-refractivity contribution >= 4 is 5.91 Å². The Hall–Kier alpha value is -2.10. The molecule has 2 aromatic rings. The van der Waals surface area contributed by atoms with Gasteiger partial charge in [-0.3, -0.25) is 9.78 Å². The molecule has 0 radical (unpaired) electrons. The summed E-state index contributed by atoms with van der Waals surface area (Å²) in [6, 6.07) is 7.49. The Morgan fingerprint density at radius 2 is 2.22 bits per heavy atom. The van der Waals surface area contributed by atoms with Crippen LogP contribution in [-0.2, 0) is 6.42 Å². The van der Waals surface area contributed by atoms with Gasteiger partial charge in [-0.2, -0.15) is 0 Å². The summed E-state index contributed by atoms with van der Waals surface area (Å²) in [5.74, 6) is 0.641. The van der Waals surface area contributed by atoms with Crippen molar-refractivity contribution in [3.05, 3.63) is 53.7 Å². The number of furan rings is 1. The van der Waals surface area contributed by atoms with E-state index in [0.717, 1.165) is 12.1 Å². The zero-order valence-corrected chi connectivity index (χ0v) is 10.6. The van der Waals surface area contributed by atoms with Crippen LogP contribution in [0.25, 0.3) is 0 Å². The second-order valence-corrected chi connectivity index (χ2v) is 4.19. The molecule has 2 heterocycles. The van der Waals surface area contributed by atoms with Crippen molar-refractivity contribution in [3.63, 3.8) is 0 Å². The van der Waals surface area contributed by atoms with Gasteiger partial charge in [0.05, 0.1) is 11.8 Å². The molecule has 0 aliphatic carbocycles. The molecule has 0 aliphatic rings. The largest absolute Gasteiger partial charge is 0.469 e. The number of amides is 1. The topological polar surface area (TPSA) is 46.3 Å². The molecule has 0 aromatic carbocycles. The fourth-order valence-electron chi connectivity index (χ4n) is 1.74. The number of carbonyl (C=O) groups excluding carboxylic acids is 1. The lowest BCUT2D eigenvalue weighted by molar-refractivity contribution is 0.0794. The smallest absolute Gasteiger partial charge is 0.257 e. The molecule has 0 atom stereocenters. The molecule has 1 amide bonds. The first-order valence-corrected chi connectivity index (χ1v) is 5.88. The van der Waals surface area contributed by atoms with E-state index in [4.69, 9.17) is 4.42 Å². The molecule has 4 heteroatoms. The Morgan fingerprint density at radius 1 is 1.39 bits per heavy atom. The van der Waals surface area contributed by atoms with Crippen molar-refractivity contribution in [2.45, 2.75) is 13.3 Å². The third-order valence-corrected chi connectivity index (χ3v) is 2.87. The van der Waals surface area contributed by atoms with Crippen molar-refractivity contribution in [2.75, 3.05) is 13.6 Å². The standard InChI is InChI=1S/C14H16N2O2/c1-11-13(7-10-18-11)14(17)16(2)9-6-12-5-3-4-8-15-12/h3-5,7-8,10H,6,9H2,1-2H3. The predicted octanol–water partition coefficient (Wildman–Crippen LogP) is 2.30. The van der Waals surface area contributed by atoms with Crippen LogP contribution in [0.2, 0.25) is 0 Å². The van der Waals surface area contributed by atoms with E-state index in [1.54, 1.807) is 31.1 Å². The van der Waals surface area contributed by atoms with E-state index >= 15 is 0 Å². The highest BCUT2D eigenvalue weighted by molar-refractivity contribution is 5.94. The van der Waals surface area contributed by atoms with Crippen molar-refractivity contribution in [1.29, 1.82) is 0 Å². The lowest BCUT2D eigenvalue weighted by Crippen LogP contribution is -2.29. The average molecular weight is 244 g/mol. The zero-order chi connectivity index (χ0) is 13.0. The minimum atomic E-state index is -0.0165. The molecule has 2 aromatic heterocycles. The van der Waals surface area contributed by atoms with Gasteiger partial charge in [0.1, 0.15) is 5.76 Å². The van der Waals surface area contributed by atoms with Gasteiger partial charge in [0.15, 0.2) is 0 Å². The van der Waals surface area contributed by atoms with E-state index in [9.17, 15) is 4.79 Å². The molecule has 4 nitrogen and oxygen atoms in total. The number of aromatic nitrogens is 1. The van der Waals surface area contributed by atoms with E-state index in [1.807, 2.05) is 18.2 Å². The number of hydrogen-bond donors (Lipinski definition) is 0. The summed E-state index contributed by atoms with van der Waals surface area (Å²) >= 11 is 0. The van der Waals surface area contributed by atoms with Crippen LogP contribution in [0.3, 0.4) is 0 Å². The van der Waals surface area contributed by atoms with Gasteiger partial charge in [0, 0.05) is 31.9 Å². The normalized spacial score (nSPS) is 10.3. The summed E-state index contributed by atoms with van der Waals surface area (Å²) < 4.78 is 5.14. The average Bonchev–Trinajstić information content (AvgIpc) is 2.82. The Balaban J connectivity index is 1.95. The first kappa shape index (κ1) is 12.4. The number of pyridine rings is 1. The predicted molar refractivity (Wildman–Crippen MR) is 68.3 cm³/mol. The Morgan fingerprint density at radius 3 is 2.83 bits per heavy atom. The Kier molecular flexibility index (Phi) is 3.77. The van der Waals surface area contributed by atoms with Gasteiger partial charge in [0.25, 0.3) is 5.91 Å². The maximum absolute atomic E-state index is 12.1. The van der Waals surface area contributed by atoms with Crippen molar-refractivity contribution in [3.8, 4) is 0 Å². The van der Waals surface area contributed by atoms with Crippen LogP contribution in [0.5, 0.6) is 0 Å². The fraction of sp³-hybridized carbons (Fsp3) is 0.286. The van der Waals surface area contributed by atoms with E-state index in [1.165, 1.54) is 6.26 Å². The maximum Gasteiger partial charge on any atom is 0.257 e.